The van der Waals surface area contributed by atoms with Gasteiger partial charge in [0.1, 0.15) is 5.15 Å². The lowest BCUT2D eigenvalue weighted by Crippen LogP contribution is -2.33. The first-order valence-electron chi connectivity index (χ1n) is 5.40. The summed E-state index contributed by atoms with van der Waals surface area (Å²) in [6, 6.07) is 3.49. The van der Waals surface area contributed by atoms with Crippen molar-refractivity contribution >= 4 is 11.6 Å². The molecule has 0 radical (unpaired) electrons. The second-order valence-electron chi connectivity index (χ2n) is 4.04. The van der Waals surface area contributed by atoms with E-state index in [1.54, 1.807) is 32.2 Å². The molecule has 94 valence electrons. The maximum absolute atomic E-state index is 12.0. The minimum atomic E-state index is -0.271. The van der Waals surface area contributed by atoms with Gasteiger partial charge in [-0.1, -0.05) is 17.7 Å². The summed E-state index contributed by atoms with van der Waals surface area (Å²) in [5.41, 5.74) is 1.06. The minimum Gasteiger partial charge on any atom is -0.268 e. The number of rotatable bonds is 2. The van der Waals surface area contributed by atoms with Crippen LogP contribution in [0.1, 0.15) is 16.7 Å². The first kappa shape index (κ1) is 12.6. The molecule has 0 aliphatic heterocycles. The van der Waals surface area contributed by atoms with Gasteiger partial charge in [0.2, 0.25) is 0 Å². The second-order valence-corrected chi connectivity index (χ2v) is 4.39. The highest BCUT2D eigenvalue weighted by molar-refractivity contribution is 6.30. The van der Waals surface area contributed by atoms with Crippen LogP contribution in [0.5, 0.6) is 0 Å². The Labute approximate surface area is 108 Å². The molecule has 0 saturated heterocycles. The van der Waals surface area contributed by atoms with Gasteiger partial charge in [-0.3, -0.25) is 14.7 Å². The smallest absolute Gasteiger partial charge is 0.268 e. The Bertz CT molecular complexity index is 703. The van der Waals surface area contributed by atoms with Crippen LogP contribution < -0.4 is 11.1 Å². The van der Waals surface area contributed by atoms with Crippen molar-refractivity contribution in [1.82, 2.24) is 14.8 Å². The van der Waals surface area contributed by atoms with Crippen molar-refractivity contribution in [2.24, 2.45) is 0 Å². The van der Waals surface area contributed by atoms with Crippen LogP contribution >= 0.6 is 11.6 Å². The average molecular weight is 266 g/mol. The normalized spacial score (nSPS) is 10.6. The van der Waals surface area contributed by atoms with E-state index in [0.29, 0.717) is 21.8 Å². The maximum Gasteiger partial charge on any atom is 0.268 e. The number of halogens is 1. The van der Waals surface area contributed by atoms with E-state index in [1.807, 2.05) is 0 Å². The van der Waals surface area contributed by atoms with E-state index >= 15 is 0 Å². The van der Waals surface area contributed by atoms with E-state index in [4.69, 9.17) is 11.6 Å². The number of H-pyrrole nitrogens is 1. The number of hydrogen-bond donors (Lipinski definition) is 1. The molecule has 0 amide bonds. The predicted molar refractivity (Wildman–Crippen MR) is 69.1 cm³/mol. The molecule has 2 aromatic heterocycles. The molecule has 1 N–H and O–H groups in total. The molecule has 18 heavy (non-hydrogen) atoms. The SMILES string of the molecule is Cc1c(C)c(=O)n(Cc2cccnc2Cl)[nH]c1=O. The van der Waals surface area contributed by atoms with E-state index in [9.17, 15) is 9.59 Å². The van der Waals surface area contributed by atoms with Gasteiger partial charge in [-0.15, -0.1) is 0 Å². The number of nitrogens with zero attached hydrogens (tertiary/aromatic N) is 2. The summed E-state index contributed by atoms with van der Waals surface area (Å²) in [6.45, 7) is 3.45. The summed E-state index contributed by atoms with van der Waals surface area (Å²) in [4.78, 5) is 27.5. The van der Waals surface area contributed by atoms with Crippen LogP contribution in [0, 0.1) is 13.8 Å². The Morgan fingerprint density at radius 2 is 2.06 bits per heavy atom. The Balaban J connectivity index is 2.52. The molecule has 2 rings (SSSR count). The van der Waals surface area contributed by atoms with Crippen LogP contribution in [0.25, 0.3) is 0 Å². The lowest BCUT2D eigenvalue weighted by Gasteiger charge is -2.08. The monoisotopic (exact) mass is 265 g/mol. The van der Waals surface area contributed by atoms with Gasteiger partial charge in [-0.2, -0.15) is 0 Å². The quantitative estimate of drug-likeness (QED) is 0.831. The zero-order valence-electron chi connectivity index (χ0n) is 10.0. The fraction of sp³-hybridized carbons (Fsp3) is 0.250. The van der Waals surface area contributed by atoms with Gasteiger partial charge in [0.05, 0.1) is 6.54 Å². The summed E-state index contributed by atoms with van der Waals surface area (Å²) in [6.07, 6.45) is 1.57. The molecule has 2 aromatic rings. The van der Waals surface area contributed by atoms with Crippen LogP contribution in [0.4, 0.5) is 0 Å². The van der Waals surface area contributed by atoms with Gasteiger partial charge in [0, 0.05) is 22.9 Å². The molecule has 0 aromatic carbocycles. The van der Waals surface area contributed by atoms with Crippen molar-refractivity contribution < 1.29 is 0 Å². The standard InChI is InChI=1S/C12H12ClN3O2/c1-7-8(2)12(18)16(15-11(7)17)6-9-4-3-5-14-10(9)13/h3-5H,6H2,1-2H3,(H,15,17). The second kappa shape index (κ2) is 4.78. The molecule has 0 aliphatic rings. The zero-order chi connectivity index (χ0) is 13.3. The molecule has 5 nitrogen and oxygen atoms in total. The van der Waals surface area contributed by atoms with E-state index < -0.39 is 0 Å². The molecule has 0 aliphatic carbocycles. The number of aromatic nitrogens is 3. The van der Waals surface area contributed by atoms with E-state index in [-0.39, 0.29) is 17.7 Å². The van der Waals surface area contributed by atoms with Crippen LogP contribution in [-0.4, -0.2) is 14.8 Å². The Morgan fingerprint density at radius 3 is 2.72 bits per heavy atom. The molecule has 0 spiro atoms. The average Bonchev–Trinajstić information content (AvgIpc) is 2.36. The van der Waals surface area contributed by atoms with Crippen molar-refractivity contribution in [3.05, 3.63) is 60.9 Å². The fourth-order valence-electron chi connectivity index (χ4n) is 1.61. The zero-order valence-corrected chi connectivity index (χ0v) is 10.8. The Kier molecular flexibility index (Phi) is 3.34. The highest BCUT2D eigenvalue weighted by Crippen LogP contribution is 2.11. The molecule has 0 saturated carbocycles. The predicted octanol–water partition coefficient (Wildman–Crippen LogP) is 1.25. The highest BCUT2D eigenvalue weighted by atomic mass is 35.5. The molecule has 0 atom stereocenters. The largest absolute Gasteiger partial charge is 0.268 e. The third-order valence-corrected chi connectivity index (χ3v) is 3.21. The lowest BCUT2D eigenvalue weighted by atomic mass is 10.2. The maximum atomic E-state index is 12.0. The van der Waals surface area contributed by atoms with Gasteiger partial charge in [-0.05, 0) is 19.9 Å². The number of nitrogens with one attached hydrogen (secondary N) is 1. The van der Waals surface area contributed by atoms with Crippen LogP contribution in [0.2, 0.25) is 5.15 Å². The van der Waals surface area contributed by atoms with E-state index in [2.05, 4.69) is 10.1 Å². The Morgan fingerprint density at radius 1 is 1.33 bits per heavy atom. The van der Waals surface area contributed by atoms with E-state index in [1.165, 1.54) is 4.68 Å². The van der Waals surface area contributed by atoms with Gasteiger partial charge < -0.3 is 0 Å². The van der Waals surface area contributed by atoms with Crippen molar-refractivity contribution in [1.29, 1.82) is 0 Å². The number of hydrogen-bond acceptors (Lipinski definition) is 3. The number of aromatic amines is 1. The third kappa shape index (κ3) is 2.22. The van der Waals surface area contributed by atoms with Gasteiger partial charge in [-0.25, -0.2) is 9.67 Å². The van der Waals surface area contributed by atoms with Crippen molar-refractivity contribution in [3.8, 4) is 0 Å². The molecule has 0 fully saturated rings. The van der Waals surface area contributed by atoms with Crippen LogP contribution in [0.3, 0.4) is 0 Å². The molecular formula is C12H12ClN3O2. The van der Waals surface area contributed by atoms with Crippen molar-refractivity contribution in [2.75, 3.05) is 0 Å². The molecule has 0 unspecified atom stereocenters. The van der Waals surface area contributed by atoms with Crippen molar-refractivity contribution in [2.45, 2.75) is 20.4 Å². The van der Waals surface area contributed by atoms with E-state index in [0.717, 1.165) is 0 Å². The Hall–Kier alpha value is -1.88. The highest BCUT2D eigenvalue weighted by Gasteiger charge is 2.09. The molecule has 2 heterocycles. The molecular weight excluding hydrogens is 254 g/mol. The first-order chi connectivity index (χ1) is 8.50. The number of pyridine rings is 1. The fourth-order valence-corrected chi connectivity index (χ4v) is 1.79. The summed E-state index contributed by atoms with van der Waals surface area (Å²) < 4.78 is 1.24. The lowest BCUT2D eigenvalue weighted by molar-refractivity contribution is 0.617. The molecule has 6 heteroatoms. The summed E-state index contributed by atoms with van der Waals surface area (Å²) in [5.74, 6) is 0. The summed E-state index contributed by atoms with van der Waals surface area (Å²) >= 11 is 5.92. The van der Waals surface area contributed by atoms with Gasteiger partial charge in [0.15, 0.2) is 0 Å². The third-order valence-electron chi connectivity index (χ3n) is 2.87. The topological polar surface area (TPSA) is 67.8 Å². The van der Waals surface area contributed by atoms with Crippen molar-refractivity contribution in [3.63, 3.8) is 0 Å². The summed E-state index contributed by atoms with van der Waals surface area (Å²) in [7, 11) is 0. The summed E-state index contributed by atoms with van der Waals surface area (Å²) in [5, 5.41) is 2.85. The first-order valence-corrected chi connectivity index (χ1v) is 5.78. The van der Waals surface area contributed by atoms with Crippen LogP contribution in [0.15, 0.2) is 27.9 Å². The van der Waals surface area contributed by atoms with Crippen LogP contribution in [-0.2, 0) is 6.54 Å². The van der Waals surface area contributed by atoms with Gasteiger partial charge in [0.25, 0.3) is 11.1 Å². The minimum absolute atomic E-state index is 0.196. The molecule has 0 bridgehead atoms. The van der Waals surface area contributed by atoms with Gasteiger partial charge >= 0.3 is 0 Å².